The molecule has 0 aliphatic carbocycles. The Kier molecular flexibility index (Phi) is 6.16. The van der Waals surface area contributed by atoms with E-state index in [0.717, 1.165) is 12.8 Å². The van der Waals surface area contributed by atoms with Crippen molar-refractivity contribution in [3.8, 4) is 0 Å². The Balaban J connectivity index is 1.20. The highest BCUT2D eigenvalue weighted by Crippen LogP contribution is 2.13. The predicted molar refractivity (Wildman–Crippen MR) is 117 cm³/mol. The maximum Gasteiger partial charge on any atom is 0.259 e. The third-order valence-corrected chi connectivity index (χ3v) is 6.07. The number of hydrogen-bond acceptors (Lipinski definition) is 2. The van der Waals surface area contributed by atoms with Crippen LogP contribution in [0.4, 0.5) is 0 Å². The number of aryl methyl sites for hydroxylation is 4. The van der Waals surface area contributed by atoms with Crippen molar-refractivity contribution < 1.29 is 18.6 Å². The fourth-order valence-corrected chi connectivity index (χ4v) is 4.39. The first-order valence-corrected chi connectivity index (χ1v) is 10.6. The van der Waals surface area contributed by atoms with Gasteiger partial charge in [-0.1, -0.05) is 24.3 Å². The fraction of sp³-hybridized carbons (Fsp3) is 0.417. The zero-order valence-electron chi connectivity index (χ0n) is 18.5. The molecule has 0 fully saturated rings. The lowest BCUT2D eigenvalue weighted by Crippen LogP contribution is -2.34. The van der Waals surface area contributed by atoms with Gasteiger partial charge in [0.1, 0.15) is 0 Å². The molecule has 6 heteroatoms. The summed E-state index contributed by atoms with van der Waals surface area (Å²) in [5.41, 5.74) is 5.00. The summed E-state index contributed by atoms with van der Waals surface area (Å²) >= 11 is 0. The van der Waals surface area contributed by atoms with Gasteiger partial charge in [0.05, 0.1) is 67.5 Å². The molecule has 0 amide bonds. The summed E-state index contributed by atoms with van der Waals surface area (Å²) in [6.45, 7) is 2.63. The molecular weight excluding hydrogens is 376 g/mol. The first kappa shape index (κ1) is 20.6. The van der Waals surface area contributed by atoms with Gasteiger partial charge in [-0.05, 0) is 24.3 Å². The SMILES string of the molecule is Cn1c(CCOCCOCCc2n(C)c3ccccc3[n+]2C)[n+](C)c2ccccc21. The summed E-state index contributed by atoms with van der Waals surface area (Å²) in [6, 6.07) is 16.9. The molecule has 2 heterocycles. The van der Waals surface area contributed by atoms with Crippen LogP contribution >= 0.6 is 0 Å². The summed E-state index contributed by atoms with van der Waals surface area (Å²) < 4.78 is 20.7. The van der Waals surface area contributed by atoms with Gasteiger partial charge in [0.2, 0.25) is 0 Å². The number of para-hydroxylation sites is 4. The minimum Gasteiger partial charge on any atom is -0.378 e. The summed E-state index contributed by atoms with van der Waals surface area (Å²) in [5, 5.41) is 0. The maximum atomic E-state index is 5.83. The molecule has 0 radical (unpaired) electrons. The van der Waals surface area contributed by atoms with E-state index in [1.54, 1.807) is 0 Å². The highest BCUT2D eigenvalue weighted by atomic mass is 16.5. The smallest absolute Gasteiger partial charge is 0.259 e. The maximum absolute atomic E-state index is 5.83. The molecule has 6 nitrogen and oxygen atoms in total. The van der Waals surface area contributed by atoms with Gasteiger partial charge in [0.25, 0.3) is 11.6 Å². The zero-order valence-corrected chi connectivity index (χ0v) is 18.5. The third-order valence-electron chi connectivity index (χ3n) is 6.07. The first-order valence-electron chi connectivity index (χ1n) is 10.6. The van der Waals surface area contributed by atoms with Crippen molar-refractivity contribution in [1.82, 2.24) is 9.13 Å². The fourth-order valence-electron chi connectivity index (χ4n) is 4.39. The van der Waals surface area contributed by atoms with E-state index in [2.05, 4.69) is 95.0 Å². The van der Waals surface area contributed by atoms with E-state index >= 15 is 0 Å². The Morgan fingerprint density at radius 3 is 1.43 bits per heavy atom. The molecular formula is C24H32N4O2+2. The molecule has 0 aliphatic heterocycles. The minimum atomic E-state index is 0.620. The van der Waals surface area contributed by atoms with E-state index < -0.39 is 0 Å². The lowest BCUT2D eigenvalue weighted by molar-refractivity contribution is -0.654. The first-order chi connectivity index (χ1) is 14.6. The number of nitrogens with zero attached hydrogens (tertiary/aromatic N) is 4. The molecule has 4 aromatic rings. The average Bonchev–Trinajstić information content (AvgIpc) is 3.16. The van der Waals surface area contributed by atoms with Crippen molar-refractivity contribution in [3.05, 3.63) is 60.2 Å². The van der Waals surface area contributed by atoms with Crippen molar-refractivity contribution in [2.45, 2.75) is 12.8 Å². The third kappa shape index (κ3) is 3.85. The molecule has 0 unspecified atom stereocenters. The van der Waals surface area contributed by atoms with Crippen molar-refractivity contribution >= 4 is 22.1 Å². The summed E-state index contributed by atoms with van der Waals surface area (Å²) in [6.07, 6.45) is 1.76. The molecule has 4 rings (SSSR count). The highest BCUT2D eigenvalue weighted by Gasteiger charge is 2.20. The average molecular weight is 409 g/mol. The largest absolute Gasteiger partial charge is 0.378 e. The van der Waals surface area contributed by atoms with Crippen LogP contribution in [-0.2, 0) is 50.5 Å². The lowest BCUT2D eigenvalue weighted by atomic mass is 10.3. The molecule has 0 atom stereocenters. The van der Waals surface area contributed by atoms with Crippen LogP contribution in [0.15, 0.2) is 48.5 Å². The van der Waals surface area contributed by atoms with Crippen molar-refractivity contribution in [2.75, 3.05) is 26.4 Å². The summed E-state index contributed by atoms with van der Waals surface area (Å²) in [5.74, 6) is 2.53. The Bertz CT molecular complexity index is 989. The van der Waals surface area contributed by atoms with E-state index in [1.807, 2.05) is 0 Å². The molecule has 30 heavy (non-hydrogen) atoms. The Morgan fingerprint density at radius 2 is 1.03 bits per heavy atom. The van der Waals surface area contributed by atoms with E-state index in [0.29, 0.717) is 26.4 Å². The Labute approximate surface area is 177 Å². The minimum absolute atomic E-state index is 0.620. The van der Waals surface area contributed by atoms with Crippen LogP contribution in [0.5, 0.6) is 0 Å². The Morgan fingerprint density at radius 1 is 0.633 bits per heavy atom. The topological polar surface area (TPSA) is 36.1 Å². The molecule has 0 saturated carbocycles. The molecule has 0 spiro atoms. The van der Waals surface area contributed by atoms with E-state index in [1.165, 1.54) is 33.7 Å². The van der Waals surface area contributed by atoms with Crippen LogP contribution in [0.2, 0.25) is 0 Å². The zero-order chi connectivity index (χ0) is 21.1. The van der Waals surface area contributed by atoms with E-state index in [9.17, 15) is 0 Å². The molecule has 2 aromatic heterocycles. The van der Waals surface area contributed by atoms with Gasteiger partial charge in [-0.25, -0.2) is 18.3 Å². The lowest BCUT2D eigenvalue weighted by Gasteiger charge is -2.05. The van der Waals surface area contributed by atoms with E-state index in [4.69, 9.17) is 9.47 Å². The second-order valence-corrected chi connectivity index (χ2v) is 7.77. The van der Waals surface area contributed by atoms with Crippen molar-refractivity contribution in [2.24, 2.45) is 28.2 Å². The van der Waals surface area contributed by atoms with Crippen LogP contribution in [0, 0.1) is 0 Å². The van der Waals surface area contributed by atoms with Crippen LogP contribution in [-0.4, -0.2) is 35.6 Å². The normalized spacial score (nSPS) is 11.7. The number of aromatic nitrogens is 4. The van der Waals surface area contributed by atoms with Crippen LogP contribution in [0.3, 0.4) is 0 Å². The number of benzene rings is 2. The standard InChI is InChI=1S/C24H32N4O2/c1-25-19-9-5-6-10-20(19)26(2)23(25)13-15-29-17-18-30-16-14-24-27(3)21-11-7-8-12-22(21)28(24)4/h5-12H,13-18H2,1-4H3/q+2. The molecule has 0 N–H and O–H groups in total. The quantitative estimate of drug-likeness (QED) is 0.314. The van der Waals surface area contributed by atoms with Crippen molar-refractivity contribution in [1.29, 1.82) is 0 Å². The van der Waals surface area contributed by atoms with Gasteiger partial charge in [-0.15, -0.1) is 0 Å². The number of ether oxygens (including phenoxy) is 2. The second-order valence-electron chi connectivity index (χ2n) is 7.77. The summed E-state index contributed by atoms with van der Waals surface area (Å²) in [7, 11) is 8.48. The van der Waals surface area contributed by atoms with Gasteiger partial charge < -0.3 is 9.47 Å². The van der Waals surface area contributed by atoms with Crippen molar-refractivity contribution in [3.63, 3.8) is 0 Å². The van der Waals surface area contributed by atoms with E-state index in [-0.39, 0.29) is 0 Å². The Hall–Kier alpha value is -2.70. The van der Waals surface area contributed by atoms with Crippen LogP contribution < -0.4 is 9.13 Å². The van der Waals surface area contributed by atoms with Gasteiger partial charge >= 0.3 is 0 Å². The number of imidazole rings is 2. The number of fused-ring (bicyclic) bond motifs is 2. The van der Waals surface area contributed by atoms with Gasteiger partial charge in [-0.2, -0.15) is 0 Å². The molecule has 0 saturated heterocycles. The number of rotatable bonds is 9. The van der Waals surface area contributed by atoms with Gasteiger partial charge in [0, 0.05) is 0 Å². The molecule has 0 bridgehead atoms. The molecule has 158 valence electrons. The molecule has 2 aromatic carbocycles. The monoisotopic (exact) mass is 408 g/mol. The van der Waals surface area contributed by atoms with Gasteiger partial charge in [0.15, 0.2) is 22.1 Å². The predicted octanol–water partition coefficient (Wildman–Crippen LogP) is 2.14. The highest BCUT2D eigenvalue weighted by molar-refractivity contribution is 5.72. The summed E-state index contributed by atoms with van der Waals surface area (Å²) in [4.78, 5) is 0. The van der Waals surface area contributed by atoms with Gasteiger partial charge in [-0.3, -0.25) is 0 Å². The van der Waals surface area contributed by atoms with Crippen LogP contribution in [0.1, 0.15) is 11.6 Å². The molecule has 0 aliphatic rings. The van der Waals surface area contributed by atoms with Crippen LogP contribution in [0.25, 0.3) is 22.1 Å². The second kappa shape index (κ2) is 8.98. The number of hydrogen-bond donors (Lipinski definition) is 0.